The fourth-order valence-corrected chi connectivity index (χ4v) is 1.76. The Labute approximate surface area is 86.5 Å². The standard InChI is InChI=1S/C11H10O4/c12-10(13)8-6-15-11(14)9(8)7-4-2-1-3-5-7/h1-5,8-9H,6H2,(H,12,13). The number of ether oxygens (including phenoxy) is 1. The predicted molar refractivity (Wildman–Crippen MR) is 51.3 cm³/mol. The summed E-state index contributed by atoms with van der Waals surface area (Å²) < 4.78 is 4.77. The Balaban J connectivity index is 2.33. The van der Waals surface area contributed by atoms with Crippen molar-refractivity contribution in [1.29, 1.82) is 0 Å². The van der Waals surface area contributed by atoms with Gasteiger partial charge in [-0.25, -0.2) is 0 Å². The van der Waals surface area contributed by atoms with E-state index in [2.05, 4.69) is 0 Å². The molecule has 1 saturated heterocycles. The SMILES string of the molecule is O=C(O)C1COC(=O)C1c1ccccc1. The average molecular weight is 206 g/mol. The van der Waals surface area contributed by atoms with Crippen LogP contribution < -0.4 is 0 Å². The number of carbonyl (C=O) groups excluding carboxylic acids is 1. The lowest BCUT2D eigenvalue weighted by Crippen LogP contribution is -2.21. The third-order valence-corrected chi connectivity index (χ3v) is 2.54. The molecule has 78 valence electrons. The van der Waals surface area contributed by atoms with Crippen molar-refractivity contribution in [3.05, 3.63) is 35.9 Å². The summed E-state index contributed by atoms with van der Waals surface area (Å²) in [6.45, 7) is -0.0340. The molecule has 0 bridgehead atoms. The molecule has 0 aromatic heterocycles. The van der Waals surface area contributed by atoms with Crippen molar-refractivity contribution >= 4 is 11.9 Å². The van der Waals surface area contributed by atoms with Gasteiger partial charge < -0.3 is 9.84 Å². The van der Waals surface area contributed by atoms with Crippen molar-refractivity contribution in [3.63, 3.8) is 0 Å². The smallest absolute Gasteiger partial charge is 0.314 e. The van der Waals surface area contributed by atoms with Gasteiger partial charge in [0.15, 0.2) is 0 Å². The van der Waals surface area contributed by atoms with Crippen LogP contribution in [0.15, 0.2) is 30.3 Å². The summed E-state index contributed by atoms with van der Waals surface area (Å²) in [4.78, 5) is 22.3. The normalized spacial score (nSPS) is 24.9. The fourth-order valence-electron chi connectivity index (χ4n) is 1.76. The van der Waals surface area contributed by atoms with E-state index in [0.717, 1.165) is 0 Å². The first-order valence-electron chi connectivity index (χ1n) is 4.64. The van der Waals surface area contributed by atoms with Crippen LogP contribution in [0.3, 0.4) is 0 Å². The van der Waals surface area contributed by atoms with Crippen molar-refractivity contribution in [1.82, 2.24) is 0 Å². The second-order valence-electron chi connectivity index (χ2n) is 3.46. The number of hydrogen-bond acceptors (Lipinski definition) is 3. The Morgan fingerprint density at radius 3 is 2.60 bits per heavy atom. The minimum atomic E-state index is -0.991. The van der Waals surface area contributed by atoms with Crippen molar-refractivity contribution in [2.24, 2.45) is 5.92 Å². The molecule has 0 saturated carbocycles. The first kappa shape index (κ1) is 9.71. The van der Waals surface area contributed by atoms with Gasteiger partial charge in [0.05, 0.1) is 5.92 Å². The van der Waals surface area contributed by atoms with Crippen LogP contribution in [0.5, 0.6) is 0 Å². The molecule has 2 atom stereocenters. The third-order valence-electron chi connectivity index (χ3n) is 2.54. The highest BCUT2D eigenvalue weighted by atomic mass is 16.5. The van der Waals surface area contributed by atoms with Crippen LogP contribution in [0.25, 0.3) is 0 Å². The molecule has 1 N–H and O–H groups in total. The van der Waals surface area contributed by atoms with Crippen LogP contribution in [0.1, 0.15) is 11.5 Å². The van der Waals surface area contributed by atoms with Crippen LogP contribution in [0, 0.1) is 5.92 Å². The van der Waals surface area contributed by atoms with Gasteiger partial charge in [0.2, 0.25) is 0 Å². The molecule has 1 aliphatic rings. The molecule has 1 aromatic carbocycles. The van der Waals surface area contributed by atoms with Crippen LogP contribution in [-0.2, 0) is 14.3 Å². The van der Waals surface area contributed by atoms with Crippen LogP contribution >= 0.6 is 0 Å². The minimum Gasteiger partial charge on any atom is -0.481 e. The summed E-state index contributed by atoms with van der Waals surface area (Å²) in [7, 11) is 0. The lowest BCUT2D eigenvalue weighted by atomic mass is 9.88. The number of carboxylic acid groups (broad SMARTS) is 1. The van der Waals surface area contributed by atoms with E-state index in [1.807, 2.05) is 6.07 Å². The highest BCUT2D eigenvalue weighted by Gasteiger charge is 2.42. The highest BCUT2D eigenvalue weighted by molar-refractivity contribution is 5.88. The first-order chi connectivity index (χ1) is 7.20. The Morgan fingerprint density at radius 2 is 2.00 bits per heavy atom. The van der Waals surface area contributed by atoms with Gasteiger partial charge in [0.1, 0.15) is 12.5 Å². The van der Waals surface area contributed by atoms with E-state index in [-0.39, 0.29) is 6.61 Å². The van der Waals surface area contributed by atoms with E-state index >= 15 is 0 Å². The van der Waals surface area contributed by atoms with E-state index in [4.69, 9.17) is 9.84 Å². The molecule has 1 fully saturated rings. The van der Waals surface area contributed by atoms with E-state index in [9.17, 15) is 9.59 Å². The monoisotopic (exact) mass is 206 g/mol. The molecule has 0 aliphatic carbocycles. The van der Waals surface area contributed by atoms with Gasteiger partial charge in [-0.3, -0.25) is 9.59 Å². The number of cyclic esters (lactones) is 1. The third kappa shape index (κ3) is 1.70. The number of carbonyl (C=O) groups is 2. The number of benzene rings is 1. The maximum atomic E-state index is 11.4. The van der Waals surface area contributed by atoms with E-state index in [1.165, 1.54) is 0 Å². The molecule has 1 heterocycles. The van der Waals surface area contributed by atoms with Gasteiger partial charge in [-0.2, -0.15) is 0 Å². The molecule has 2 rings (SSSR count). The number of rotatable bonds is 2. The number of hydrogen-bond donors (Lipinski definition) is 1. The topological polar surface area (TPSA) is 63.6 Å². The van der Waals surface area contributed by atoms with E-state index in [0.29, 0.717) is 5.56 Å². The van der Waals surface area contributed by atoms with Crippen molar-refractivity contribution in [2.75, 3.05) is 6.61 Å². The maximum Gasteiger partial charge on any atom is 0.314 e. The number of aliphatic carboxylic acids is 1. The summed E-state index contributed by atoms with van der Waals surface area (Å²) in [5, 5.41) is 8.93. The Hall–Kier alpha value is -1.84. The molecular weight excluding hydrogens is 196 g/mol. The minimum absolute atomic E-state index is 0.0340. The summed E-state index contributed by atoms with van der Waals surface area (Å²) in [5.41, 5.74) is 0.701. The largest absolute Gasteiger partial charge is 0.481 e. The van der Waals surface area contributed by atoms with Gasteiger partial charge in [0, 0.05) is 0 Å². The van der Waals surface area contributed by atoms with Crippen LogP contribution in [0.4, 0.5) is 0 Å². The van der Waals surface area contributed by atoms with Crippen LogP contribution in [0.2, 0.25) is 0 Å². The second kappa shape index (κ2) is 3.73. The lowest BCUT2D eigenvalue weighted by molar-refractivity contribution is -0.142. The Morgan fingerprint density at radius 1 is 1.33 bits per heavy atom. The zero-order chi connectivity index (χ0) is 10.8. The van der Waals surface area contributed by atoms with Crippen molar-refractivity contribution in [3.8, 4) is 0 Å². The molecule has 4 heteroatoms. The first-order valence-corrected chi connectivity index (χ1v) is 4.64. The molecule has 4 nitrogen and oxygen atoms in total. The summed E-state index contributed by atoms with van der Waals surface area (Å²) >= 11 is 0. The van der Waals surface area contributed by atoms with Gasteiger partial charge in [-0.1, -0.05) is 30.3 Å². The average Bonchev–Trinajstić information content (AvgIpc) is 2.61. The molecule has 15 heavy (non-hydrogen) atoms. The maximum absolute atomic E-state index is 11.4. The molecule has 2 unspecified atom stereocenters. The molecule has 1 aliphatic heterocycles. The molecule has 0 spiro atoms. The molecule has 0 radical (unpaired) electrons. The van der Waals surface area contributed by atoms with Crippen molar-refractivity contribution in [2.45, 2.75) is 5.92 Å². The van der Waals surface area contributed by atoms with E-state index in [1.54, 1.807) is 24.3 Å². The van der Waals surface area contributed by atoms with Gasteiger partial charge >= 0.3 is 11.9 Å². The lowest BCUT2D eigenvalue weighted by Gasteiger charge is -2.10. The Bertz CT molecular complexity index is 385. The molecule has 1 aromatic rings. The van der Waals surface area contributed by atoms with E-state index < -0.39 is 23.8 Å². The second-order valence-corrected chi connectivity index (χ2v) is 3.46. The van der Waals surface area contributed by atoms with Gasteiger partial charge in [-0.05, 0) is 5.56 Å². The summed E-state index contributed by atoms with van der Waals surface area (Å²) in [6.07, 6.45) is 0. The molecule has 0 amide bonds. The van der Waals surface area contributed by atoms with Crippen LogP contribution in [-0.4, -0.2) is 23.7 Å². The summed E-state index contributed by atoms with van der Waals surface area (Å²) in [6, 6.07) is 8.86. The van der Waals surface area contributed by atoms with Gasteiger partial charge in [-0.15, -0.1) is 0 Å². The number of carboxylic acids is 1. The zero-order valence-corrected chi connectivity index (χ0v) is 7.92. The van der Waals surface area contributed by atoms with Crippen molar-refractivity contribution < 1.29 is 19.4 Å². The van der Waals surface area contributed by atoms with Gasteiger partial charge in [0.25, 0.3) is 0 Å². The zero-order valence-electron chi connectivity index (χ0n) is 7.92. The highest BCUT2D eigenvalue weighted by Crippen LogP contribution is 2.31. The quantitative estimate of drug-likeness (QED) is 0.734. The fraction of sp³-hybridized carbons (Fsp3) is 0.273. The molecular formula is C11H10O4. The summed E-state index contributed by atoms with van der Waals surface area (Å²) in [5.74, 6) is -2.87. The predicted octanol–water partition coefficient (Wildman–Crippen LogP) is 1.03. The Kier molecular flexibility index (Phi) is 2.41. The number of esters is 1.